The molecule has 0 aliphatic carbocycles. The van der Waals surface area contributed by atoms with E-state index in [0.717, 1.165) is 29.0 Å². The Kier molecular flexibility index (Phi) is 4.35. The van der Waals surface area contributed by atoms with E-state index >= 15 is 0 Å². The van der Waals surface area contributed by atoms with Crippen molar-refractivity contribution in [2.24, 2.45) is 0 Å². The number of carbonyl (C=O) groups is 1. The van der Waals surface area contributed by atoms with Crippen molar-refractivity contribution < 1.29 is 4.79 Å². The van der Waals surface area contributed by atoms with Crippen molar-refractivity contribution in [1.82, 2.24) is 4.98 Å². The first-order chi connectivity index (χ1) is 9.61. The van der Waals surface area contributed by atoms with Crippen LogP contribution < -0.4 is 10.6 Å². The van der Waals surface area contributed by atoms with E-state index in [4.69, 9.17) is 0 Å². The van der Waals surface area contributed by atoms with Gasteiger partial charge in [0.25, 0.3) is 5.91 Å². The second-order valence-corrected chi connectivity index (χ2v) is 4.72. The van der Waals surface area contributed by atoms with E-state index in [1.165, 1.54) is 0 Å². The van der Waals surface area contributed by atoms with Gasteiger partial charge in [0, 0.05) is 30.3 Å². The van der Waals surface area contributed by atoms with Crippen molar-refractivity contribution >= 4 is 17.3 Å². The first kappa shape index (κ1) is 14.1. The Balaban J connectivity index is 2.29. The SMILES string of the molecule is CCNc1ccc(C)cc1C(=O)Nc1ccncc1C. The molecule has 2 rings (SSSR count). The van der Waals surface area contributed by atoms with Crippen LogP contribution in [0, 0.1) is 13.8 Å². The Morgan fingerprint density at radius 1 is 1.20 bits per heavy atom. The Morgan fingerprint density at radius 3 is 2.70 bits per heavy atom. The summed E-state index contributed by atoms with van der Waals surface area (Å²) in [6.07, 6.45) is 3.40. The summed E-state index contributed by atoms with van der Waals surface area (Å²) >= 11 is 0. The fourth-order valence-electron chi connectivity index (χ4n) is 1.99. The fourth-order valence-corrected chi connectivity index (χ4v) is 1.99. The smallest absolute Gasteiger partial charge is 0.257 e. The Labute approximate surface area is 119 Å². The molecule has 1 amide bonds. The molecule has 0 radical (unpaired) electrons. The molecule has 0 saturated heterocycles. The van der Waals surface area contributed by atoms with E-state index in [0.29, 0.717) is 5.56 Å². The number of carbonyl (C=O) groups excluding carboxylic acids is 1. The molecule has 0 unspecified atom stereocenters. The number of nitrogens with zero attached hydrogens (tertiary/aromatic N) is 1. The van der Waals surface area contributed by atoms with Gasteiger partial charge in [-0.05, 0) is 44.5 Å². The highest BCUT2D eigenvalue weighted by molar-refractivity contribution is 6.08. The van der Waals surface area contributed by atoms with Gasteiger partial charge in [-0.25, -0.2) is 0 Å². The van der Waals surface area contributed by atoms with Crippen LogP contribution in [0.4, 0.5) is 11.4 Å². The molecule has 0 bridgehead atoms. The highest BCUT2D eigenvalue weighted by Gasteiger charge is 2.12. The van der Waals surface area contributed by atoms with Crippen LogP contribution in [0.1, 0.15) is 28.4 Å². The number of benzene rings is 1. The number of aryl methyl sites for hydroxylation is 2. The van der Waals surface area contributed by atoms with Crippen LogP contribution in [0.25, 0.3) is 0 Å². The molecule has 1 heterocycles. The number of nitrogens with one attached hydrogen (secondary N) is 2. The lowest BCUT2D eigenvalue weighted by atomic mass is 10.1. The number of aromatic nitrogens is 1. The molecular formula is C16H19N3O. The fraction of sp³-hybridized carbons (Fsp3) is 0.250. The number of hydrogen-bond donors (Lipinski definition) is 2. The summed E-state index contributed by atoms with van der Waals surface area (Å²) in [4.78, 5) is 16.5. The molecule has 0 fully saturated rings. The van der Waals surface area contributed by atoms with Crippen molar-refractivity contribution in [2.45, 2.75) is 20.8 Å². The molecule has 0 atom stereocenters. The average molecular weight is 269 g/mol. The number of amides is 1. The summed E-state index contributed by atoms with van der Waals surface area (Å²) in [5, 5.41) is 6.15. The van der Waals surface area contributed by atoms with E-state index in [1.807, 2.05) is 39.0 Å². The van der Waals surface area contributed by atoms with E-state index < -0.39 is 0 Å². The third-order valence-electron chi connectivity index (χ3n) is 3.06. The Hall–Kier alpha value is -2.36. The van der Waals surface area contributed by atoms with E-state index in [2.05, 4.69) is 15.6 Å². The molecule has 0 spiro atoms. The van der Waals surface area contributed by atoms with E-state index in [9.17, 15) is 4.79 Å². The van der Waals surface area contributed by atoms with Crippen molar-refractivity contribution in [1.29, 1.82) is 0 Å². The van der Waals surface area contributed by atoms with Gasteiger partial charge >= 0.3 is 0 Å². The van der Waals surface area contributed by atoms with Gasteiger partial charge in [0.05, 0.1) is 5.56 Å². The van der Waals surface area contributed by atoms with Crippen LogP contribution in [0.5, 0.6) is 0 Å². The molecule has 1 aromatic carbocycles. The minimum atomic E-state index is -0.112. The minimum Gasteiger partial charge on any atom is -0.385 e. The Bertz CT molecular complexity index is 623. The predicted octanol–water partition coefficient (Wildman–Crippen LogP) is 3.38. The van der Waals surface area contributed by atoms with Crippen molar-refractivity contribution in [3.63, 3.8) is 0 Å². The van der Waals surface area contributed by atoms with E-state index in [1.54, 1.807) is 18.5 Å². The predicted molar refractivity (Wildman–Crippen MR) is 82.3 cm³/mol. The molecular weight excluding hydrogens is 250 g/mol. The molecule has 20 heavy (non-hydrogen) atoms. The van der Waals surface area contributed by atoms with Crippen LogP contribution in [0.2, 0.25) is 0 Å². The molecule has 0 saturated carbocycles. The standard InChI is InChI=1S/C16H19N3O/c1-4-18-15-6-5-11(2)9-13(15)16(20)19-14-7-8-17-10-12(14)3/h5-10,18H,4H2,1-3H3,(H,17,19,20). The van der Waals surface area contributed by atoms with Gasteiger partial charge in [-0.2, -0.15) is 0 Å². The average Bonchev–Trinajstić information content (AvgIpc) is 2.43. The van der Waals surface area contributed by atoms with E-state index in [-0.39, 0.29) is 5.91 Å². The van der Waals surface area contributed by atoms with Crippen LogP contribution in [-0.2, 0) is 0 Å². The second kappa shape index (κ2) is 6.19. The van der Waals surface area contributed by atoms with Gasteiger partial charge in [-0.15, -0.1) is 0 Å². The molecule has 0 aliphatic heterocycles. The summed E-state index contributed by atoms with van der Waals surface area (Å²) < 4.78 is 0. The molecule has 104 valence electrons. The summed E-state index contributed by atoms with van der Waals surface area (Å²) in [7, 11) is 0. The number of hydrogen-bond acceptors (Lipinski definition) is 3. The molecule has 0 aliphatic rings. The van der Waals surface area contributed by atoms with Gasteiger partial charge in [0.1, 0.15) is 0 Å². The summed E-state index contributed by atoms with van der Waals surface area (Å²) in [6.45, 7) is 6.68. The Morgan fingerprint density at radius 2 is 2.00 bits per heavy atom. The molecule has 2 aromatic rings. The molecule has 2 N–H and O–H groups in total. The second-order valence-electron chi connectivity index (χ2n) is 4.72. The third kappa shape index (κ3) is 3.15. The highest BCUT2D eigenvalue weighted by Crippen LogP contribution is 2.20. The maximum atomic E-state index is 12.4. The van der Waals surface area contributed by atoms with Gasteiger partial charge in [0.2, 0.25) is 0 Å². The van der Waals surface area contributed by atoms with Crippen molar-refractivity contribution in [3.8, 4) is 0 Å². The molecule has 4 nitrogen and oxygen atoms in total. The third-order valence-corrected chi connectivity index (χ3v) is 3.06. The maximum absolute atomic E-state index is 12.4. The number of anilines is 2. The van der Waals surface area contributed by atoms with Crippen LogP contribution in [0.15, 0.2) is 36.7 Å². The lowest BCUT2D eigenvalue weighted by Crippen LogP contribution is -2.15. The number of pyridine rings is 1. The van der Waals surface area contributed by atoms with Crippen LogP contribution in [0.3, 0.4) is 0 Å². The molecule has 4 heteroatoms. The van der Waals surface area contributed by atoms with Gasteiger partial charge < -0.3 is 10.6 Å². The van der Waals surface area contributed by atoms with Gasteiger partial charge in [-0.3, -0.25) is 9.78 Å². The van der Waals surface area contributed by atoms with Crippen LogP contribution >= 0.6 is 0 Å². The van der Waals surface area contributed by atoms with Gasteiger partial charge in [-0.1, -0.05) is 11.6 Å². The first-order valence-corrected chi connectivity index (χ1v) is 6.68. The number of rotatable bonds is 4. The summed E-state index contributed by atoms with van der Waals surface area (Å²) in [5.41, 5.74) is 4.29. The normalized spacial score (nSPS) is 10.2. The minimum absolute atomic E-state index is 0.112. The largest absolute Gasteiger partial charge is 0.385 e. The molecule has 1 aromatic heterocycles. The monoisotopic (exact) mass is 269 g/mol. The zero-order valence-corrected chi connectivity index (χ0v) is 12.0. The first-order valence-electron chi connectivity index (χ1n) is 6.68. The summed E-state index contributed by atoms with van der Waals surface area (Å²) in [5.74, 6) is -0.112. The highest BCUT2D eigenvalue weighted by atomic mass is 16.1. The quantitative estimate of drug-likeness (QED) is 0.894. The topological polar surface area (TPSA) is 54.0 Å². The van der Waals surface area contributed by atoms with Crippen LogP contribution in [-0.4, -0.2) is 17.4 Å². The maximum Gasteiger partial charge on any atom is 0.257 e. The zero-order valence-electron chi connectivity index (χ0n) is 12.0. The lowest BCUT2D eigenvalue weighted by Gasteiger charge is -2.13. The lowest BCUT2D eigenvalue weighted by molar-refractivity contribution is 0.102. The van der Waals surface area contributed by atoms with Gasteiger partial charge in [0.15, 0.2) is 0 Å². The zero-order chi connectivity index (χ0) is 14.5. The van der Waals surface area contributed by atoms with Crippen molar-refractivity contribution in [2.75, 3.05) is 17.2 Å². The summed E-state index contributed by atoms with van der Waals surface area (Å²) in [6, 6.07) is 7.62. The van der Waals surface area contributed by atoms with Crippen molar-refractivity contribution in [3.05, 3.63) is 53.3 Å².